The number of carboxylic acids is 1. The molecule has 0 bridgehead atoms. The van der Waals surface area contributed by atoms with Crippen LogP contribution >= 0.6 is 11.9 Å². The van der Waals surface area contributed by atoms with Crippen LogP contribution < -0.4 is 0 Å². The molecule has 0 aliphatic carbocycles. The molecule has 1 aromatic rings. The van der Waals surface area contributed by atoms with Crippen molar-refractivity contribution in [3.63, 3.8) is 0 Å². The zero-order valence-corrected chi connectivity index (χ0v) is 14.2. The van der Waals surface area contributed by atoms with E-state index >= 15 is 0 Å². The first-order valence-corrected chi connectivity index (χ1v) is 9.01. The minimum Gasteiger partial charge on any atom is -0.478 e. The maximum atomic E-state index is 11.0. The SMILES string of the molecule is Cc1cc(C(=O)O)ccc1CCSN1CCC2(CC1)OCCO2. The molecule has 0 radical (unpaired) electrons. The van der Waals surface area contributed by atoms with Gasteiger partial charge in [-0.05, 0) is 36.6 Å². The Kier molecular flexibility index (Phi) is 5.26. The van der Waals surface area contributed by atoms with Gasteiger partial charge in [-0.2, -0.15) is 0 Å². The second kappa shape index (κ2) is 7.21. The van der Waals surface area contributed by atoms with Crippen LogP contribution in [0.15, 0.2) is 18.2 Å². The molecule has 2 fully saturated rings. The summed E-state index contributed by atoms with van der Waals surface area (Å²) in [5.74, 6) is -0.171. The first-order valence-electron chi connectivity index (χ1n) is 8.07. The van der Waals surface area contributed by atoms with Crippen molar-refractivity contribution in [2.75, 3.05) is 32.1 Å². The van der Waals surface area contributed by atoms with E-state index in [1.54, 1.807) is 12.1 Å². The number of aromatic carboxylic acids is 1. The average Bonchev–Trinajstić information content (AvgIpc) is 2.99. The average molecular weight is 337 g/mol. The summed E-state index contributed by atoms with van der Waals surface area (Å²) in [5, 5.41) is 9.00. The Morgan fingerprint density at radius 2 is 2.00 bits per heavy atom. The van der Waals surface area contributed by atoms with Crippen molar-refractivity contribution in [2.24, 2.45) is 0 Å². The first kappa shape index (κ1) is 16.8. The van der Waals surface area contributed by atoms with Gasteiger partial charge in [0.05, 0.1) is 18.8 Å². The fraction of sp³-hybridized carbons (Fsp3) is 0.588. The highest BCUT2D eigenvalue weighted by Gasteiger charge is 2.39. The molecule has 0 amide bonds. The monoisotopic (exact) mass is 337 g/mol. The van der Waals surface area contributed by atoms with Crippen molar-refractivity contribution in [3.8, 4) is 0 Å². The van der Waals surface area contributed by atoms with E-state index < -0.39 is 5.97 Å². The Bertz CT molecular complexity index is 562. The Morgan fingerprint density at radius 1 is 1.30 bits per heavy atom. The predicted octanol–water partition coefficient (Wildman–Crippen LogP) is 2.72. The van der Waals surface area contributed by atoms with Crippen LogP contribution in [0, 0.1) is 6.92 Å². The van der Waals surface area contributed by atoms with E-state index in [2.05, 4.69) is 4.31 Å². The van der Waals surface area contributed by atoms with Gasteiger partial charge in [-0.1, -0.05) is 18.0 Å². The minimum absolute atomic E-state index is 0.305. The van der Waals surface area contributed by atoms with E-state index in [0.717, 1.165) is 56.9 Å². The van der Waals surface area contributed by atoms with Gasteiger partial charge in [0, 0.05) is 31.7 Å². The lowest BCUT2D eigenvalue weighted by Crippen LogP contribution is -2.42. The maximum absolute atomic E-state index is 11.0. The van der Waals surface area contributed by atoms with Crippen LogP contribution in [-0.2, 0) is 15.9 Å². The number of carbonyl (C=O) groups is 1. The molecule has 1 N–H and O–H groups in total. The molecule has 23 heavy (non-hydrogen) atoms. The molecule has 0 aromatic heterocycles. The second-order valence-corrected chi connectivity index (χ2v) is 7.25. The van der Waals surface area contributed by atoms with Crippen LogP contribution in [-0.4, -0.2) is 53.2 Å². The van der Waals surface area contributed by atoms with E-state index in [9.17, 15) is 4.79 Å². The van der Waals surface area contributed by atoms with Crippen molar-refractivity contribution in [1.82, 2.24) is 4.31 Å². The summed E-state index contributed by atoms with van der Waals surface area (Å²) in [6, 6.07) is 5.38. The Balaban J connectivity index is 1.44. The van der Waals surface area contributed by atoms with Crippen LogP contribution in [0.25, 0.3) is 0 Å². The van der Waals surface area contributed by atoms with Crippen molar-refractivity contribution >= 4 is 17.9 Å². The van der Waals surface area contributed by atoms with Gasteiger partial charge in [0.25, 0.3) is 0 Å². The molecule has 1 aromatic carbocycles. The molecule has 5 nitrogen and oxygen atoms in total. The molecule has 0 saturated carbocycles. The molecule has 6 heteroatoms. The summed E-state index contributed by atoms with van der Waals surface area (Å²) in [5.41, 5.74) is 2.63. The fourth-order valence-electron chi connectivity index (χ4n) is 3.14. The quantitative estimate of drug-likeness (QED) is 0.834. The van der Waals surface area contributed by atoms with Crippen LogP contribution in [0.1, 0.15) is 34.3 Å². The van der Waals surface area contributed by atoms with E-state index in [0.29, 0.717) is 5.56 Å². The molecule has 2 aliphatic heterocycles. The van der Waals surface area contributed by atoms with Crippen molar-refractivity contribution in [3.05, 3.63) is 34.9 Å². The lowest BCUT2D eigenvalue weighted by Gasteiger charge is -2.36. The van der Waals surface area contributed by atoms with Gasteiger partial charge in [0.1, 0.15) is 0 Å². The summed E-state index contributed by atoms with van der Waals surface area (Å²) in [6.45, 7) is 5.40. The molecule has 1 spiro atoms. The van der Waals surface area contributed by atoms with Gasteiger partial charge in [-0.25, -0.2) is 4.79 Å². The van der Waals surface area contributed by atoms with Gasteiger partial charge in [0.2, 0.25) is 0 Å². The van der Waals surface area contributed by atoms with E-state index in [1.807, 2.05) is 24.9 Å². The summed E-state index contributed by atoms with van der Waals surface area (Å²) in [4.78, 5) is 11.0. The molecule has 126 valence electrons. The van der Waals surface area contributed by atoms with Gasteiger partial charge in [-0.3, -0.25) is 4.31 Å². The highest BCUT2D eigenvalue weighted by atomic mass is 32.2. The lowest BCUT2D eigenvalue weighted by molar-refractivity contribution is -0.178. The third kappa shape index (κ3) is 4.07. The van der Waals surface area contributed by atoms with Crippen molar-refractivity contribution in [1.29, 1.82) is 0 Å². The minimum atomic E-state index is -0.868. The van der Waals surface area contributed by atoms with E-state index in [-0.39, 0.29) is 5.79 Å². The number of benzene rings is 1. The molecule has 2 saturated heterocycles. The molecule has 0 unspecified atom stereocenters. The third-order valence-corrected chi connectivity index (χ3v) is 5.65. The van der Waals surface area contributed by atoms with Crippen LogP contribution in [0.2, 0.25) is 0 Å². The largest absolute Gasteiger partial charge is 0.478 e. The number of carboxylic acid groups (broad SMARTS) is 1. The number of hydrogen-bond acceptors (Lipinski definition) is 5. The number of nitrogens with zero attached hydrogens (tertiary/aromatic N) is 1. The maximum Gasteiger partial charge on any atom is 0.335 e. The van der Waals surface area contributed by atoms with Gasteiger partial charge < -0.3 is 14.6 Å². The highest BCUT2D eigenvalue weighted by molar-refractivity contribution is 7.97. The number of aryl methyl sites for hydroxylation is 2. The Morgan fingerprint density at radius 3 is 2.61 bits per heavy atom. The summed E-state index contributed by atoms with van der Waals surface area (Å²) < 4.78 is 13.9. The molecule has 0 atom stereocenters. The van der Waals surface area contributed by atoms with Gasteiger partial charge in [0.15, 0.2) is 5.79 Å². The Hall–Kier alpha value is -1.08. The number of piperidine rings is 1. The molecule has 3 rings (SSSR count). The highest BCUT2D eigenvalue weighted by Crippen LogP contribution is 2.33. The number of rotatable bonds is 5. The zero-order valence-electron chi connectivity index (χ0n) is 13.4. The van der Waals surface area contributed by atoms with Crippen LogP contribution in [0.3, 0.4) is 0 Å². The van der Waals surface area contributed by atoms with E-state index in [4.69, 9.17) is 14.6 Å². The smallest absolute Gasteiger partial charge is 0.335 e. The van der Waals surface area contributed by atoms with E-state index in [1.165, 1.54) is 5.56 Å². The van der Waals surface area contributed by atoms with Gasteiger partial charge >= 0.3 is 5.97 Å². The second-order valence-electron chi connectivity index (χ2n) is 6.07. The fourth-order valence-corrected chi connectivity index (χ4v) is 4.15. The zero-order chi connectivity index (χ0) is 16.3. The van der Waals surface area contributed by atoms with Crippen molar-refractivity contribution < 1.29 is 19.4 Å². The summed E-state index contributed by atoms with van der Waals surface area (Å²) >= 11 is 1.86. The van der Waals surface area contributed by atoms with Crippen LogP contribution in [0.4, 0.5) is 0 Å². The Labute approximate surface area is 141 Å². The molecule has 2 heterocycles. The van der Waals surface area contributed by atoms with Crippen molar-refractivity contribution in [2.45, 2.75) is 32.0 Å². The van der Waals surface area contributed by atoms with Gasteiger partial charge in [-0.15, -0.1) is 0 Å². The lowest BCUT2D eigenvalue weighted by atomic mass is 10.0. The number of ether oxygens (including phenoxy) is 2. The normalized spacial score (nSPS) is 20.9. The summed E-state index contributed by atoms with van der Waals surface area (Å²) in [6.07, 6.45) is 2.82. The van der Waals surface area contributed by atoms with Crippen LogP contribution in [0.5, 0.6) is 0 Å². The molecule has 2 aliphatic rings. The topological polar surface area (TPSA) is 59.0 Å². The standard InChI is InChI=1S/C17H23NO4S/c1-13-12-15(16(19)20)3-2-14(13)4-11-23-18-7-5-17(6-8-18)21-9-10-22-17/h2-3,12H,4-11H2,1H3,(H,19,20). The third-order valence-electron chi connectivity index (χ3n) is 4.53. The number of hydrogen-bond donors (Lipinski definition) is 1. The first-order chi connectivity index (χ1) is 11.1. The summed E-state index contributed by atoms with van der Waals surface area (Å²) in [7, 11) is 0. The predicted molar refractivity (Wildman–Crippen MR) is 89.7 cm³/mol. The molecular weight excluding hydrogens is 314 g/mol. The molecular formula is C17H23NO4S.